The highest BCUT2D eigenvalue weighted by atomic mass is 79.9. The zero-order valence-corrected chi connectivity index (χ0v) is 7.81. The van der Waals surface area contributed by atoms with Crippen molar-refractivity contribution in [1.82, 2.24) is 9.97 Å². The lowest BCUT2D eigenvalue weighted by Crippen LogP contribution is -1.96. The molecule has 3 nitrogen and oxygen atoms in total. The van der Waals surface area contributed by atoms with Gasteiger partial charge in [-0.1, -0.05) is 0 Å². The van der Waals surface area contributed by atoms with Gasteiger partial charge in [0.15, 0.2) is 4.73 Å². The Morgan fingerprint density at radius 1 is 1.27 bits per heavy atom. The van der Waals surface area contributed by atoms with Crippen molar-refractivity contribution < 1.29 is 0 Å². The number of nitrogens with zero attached hydrogens (tertiary/aromatic N) is 3. The molecular weight excluding hydrogens is 206 g/mol. The van der Waals surface area contributed by atoms with Gasteiger partial charge in [0.05, 0.1) is 17.0 Å². The van der Waals surface area contributed by atoms with Crippen LogP contribution in [0.3, 0.4) is 0 Å². The molecule has 0 atom stereocenters. The number of hydrogen-bond acceptors (Lipinski definition) is 3. The largest absolute Gasteiger partial charge is 0.226 e. The van der Waals surface area contributed by atoms with Crippen LogP contribution >= 0.6 is 15.9 Å². The Bertz CT molecular complexity index is 304. The van der Waals surface area contributed by atoms with Gasteiger partial charge in [-0.2, -0.15) is 5.26 Å². The van der Waals surface area contributed by atoms with Crippen LogP contribution in [0.1, 0.15) is 17.0 Å². The topological polar surface area (TPSA) is 49.6 Å². The molecule has 0 aliphatic carbocycles. The van der Waals surface area contributed by atoms with Crippen molar-refractivity contribution in [3.05, 3.63) is 21.7 Å². The Labute approximate surface area is 73.2 Å². The molecule has 0 spiro atoms. The first-order chi connectivity index (χ1) is 5.15. The Morgan fingerprint density at radius 3 is 2.09 bits per heavy atom. The summed E-state index contributed by atoms with van der Waals surface area (Å²) in [6.07, 6.45) is 0. The SMILES string of the molecule is Cc1nc(Br)nc(C)c1C#N. The second-order valence-corrected chi connectivity index (χ2v) is 2.86. The summed E-state index contributed by atoms with van der Waals surface area (Å²) >= 11 is 3.14. The summed E-state index contributed by atoms with van der Waals surface area (Å²) in [5.74, 6) is 0. The van der Waals surface area contributed by atoms with Crippen LogP contribution in [0.5, 0.6) is 0 Å². The van der Waals surface area contributed by atoms with Crippen LogP contribution in [0.15, 0.2) is 4.73 Å². The molecule has 0 bridgehead atoms. The molecule has 0 aliphatic heterocycles. The lowest BCUT2D eigenvalue weighted by Gasteiger charge is -1.99. The first kappa shape index (κ1) is 8.15. The molecule has 0 fully saturated rings. The van der Waals surface area contributed by atoms with Gasteiger partial charge in [-0.3, -0.25) is 0 Å². The maximum absolute atomic E-state index is 8.64. The van der Waals surface area contributed by atoms with E-state index in [0.29, 0.717) is 21.7 Å². The highest BCUT2D eigenvalue weighted by Crippen LogP contribution is 2.11. The molecule has 4 heteroatoms. The Balaban J connectivity index is 3.40. The highest BCUT2D eigenvalue weighted by molar-refractivity contribution is 9.10. The lowest BCUT2D eigenvalue weighted by atomic mass is 10.2. The van der Waals surface area contributed by atoms with E-state index in [-0.39, 0.29) is 0 Å². The zero-order valence-electron chi connectivity index (χ0n) is 6.22. The van der Waals surface area contributed by atoms with Gasteiger partial charge >= 0.3 is 0 Å². The number of rotatable bonds is 0. The van der Waals surface area contributed by atoms with Crippen LogP contribution in [0, 0.1) is 25.2 Å². The molecule has 0 amide bonds. The highest BCUT2D eigenvalue weighted by Gasteiger charge is 2.04. The van der Waals surface area contributed by atoms with Crippen LogP contribution in [-0.4, -0.2) is 9.97 Å². The van der Waals surface area contributed by atoms with E-state index in [0.717, 1.165) is 0 Å². The second-order valence-electron chi connectivity index (χ2n) is 2.15. The van der Waals surface area contributed by atoms with E-state index in [1.807, 2.05) is 6.07 Å². The number of nitriles is 1. The third-order valence-electron chi connectivity index (χ3n) is 1.36. The quantitative estimate of drug-likeness (QED) is 0.615. The van der Waals surface area contributed by atoms with Crippen molar-refractivity contribution in [1.29, 1.82) is 5.26 Å². The molecule has 0 saturated heterocycles. The van der Waals surface area contributed by atoms with E-state index >= 15 is 0 Å². The summed E-state index contributed by atoms with van der Waals surface area (Å²) in [5.41, 5.74) is 1.99. The lowest BCUT2D eigenvalue weighted by molar-refractivity contribution is 0.998. The molecular formula is C7H6BrN3. The second kappa shape index (κ2) is 2.97. The van der Waals surface area contributed by atoms with Gasteiger partial charge in [0, 0.05) is 0 Å². The minimum Gasteiger partial charge on any atom is -0.226 e. The number of hydrogen-bond donors (Lipinski definition) is 0. The summed E-state index contributed by atoms with van der Waals surface area (Å²) in [7, 11) is 0. The predicted octanol–water partition coefficient (Wildman–Crippen LogP) is 1.73. The molecule has 0 unspecified atom stereocenters. The Morgan fingerprint density at radius 2 is 1.73 bits per heavy atom. The van der Waals surface area contributed by atoms with Gasteiger partial charge in [0.1, 0.15) is 6.07 Å². The fourth-order valence-electron chi connectivity index (χ4n) is 0.837. The van der Waals surface area contributed by atoms with Gasteiger partial charge < -0.3 is 0 Å². The molecule has 1 aromatic heterocycles. The number of aromatic nitrogens is 2. The predicted molar refractivity (Wildman–Crippen MR) is 43.9 cm³/mol. The van der Waals surface area contributed by atoms with Gasteiger partial charge in [0.25, 0.3) is 0 Å². The van der Waals surface area contributed by atoms with Crippen molar-refractivity contribution in [2.24, 2.45) is 0 Å². The first-order valence-electron chi connectivity index (χ1n) is 3.06. The summed E-state index contributed by atoms with van der Waals surface area (Å²) in [5, 5.41) is 8.64. The fourth-order valence-corrected chi connectivity index (χ4v) is 1.37. The third kappa shape index (κ3) is 1.55. The van der Waals surface area contributed by atoms with Gasteiger partial charge in [-0.05, 0) is 29.8 Å². The van der Waals surface area contributed by atoms with E-state index < -0.39 is 0 Å². The van der Waals surface area contributed by atoms with Crippen molar-refractivity contribution in [2.45, 2.75) is 13.8 Å². The number of aryl methyl sites for hydroxylation is 2. The normalized spacial score (nSPS) is 9.27. The molecule has 11 heavy (non-hydrogen) atoms. The Hall–Kier alpha value is -0.950. The average Bonchev–Trinajstić information content (AvgIpc) is 1.85. The van der Waals surface area contributed by atoms with Crippen molar-refractivity contribution in [3.63, 3.8) is 0 Å². The smallest absolute Gasteiger partial charge is 0.197 e. The van der Waals surface area contributed by atoms with Gasteiger partial charge in [0.2, 0.25) is 0 Å². The van der Waals surface area contributed by atoms with E-state index in [4.69, 9.17) is 5.26 Å². The molecule has 1 aromatic rings. The molecule has 1 rings (SSSR count). The van der Waals surface area contributed by atoms with Crippen molar-refractivity contribution in [3.8, 4) is 6.07 Å². The molecule has 0 aromatic carbocycles. The van der Waals surface area contributed by atoms with Crippen molar-refractivity contribution >= 4 is 15.9 Å². The van der Waals surface area contributed by atoms with E-state index in [1.165, 1.54) is 0 Å². The maximum Gasteiger partial charge on any atom is 0.197 e. The maximum atomic E-state index is 8.64. The van der Waals surface area contributed by atoms with Gasteiger partial charge in [-0.25, -0.2) is 9.97 Å². The van der Waals surface area contributed by atoms with Crippen molar-refractivity contribution in [2.75, 3.05) is 0 Å². The summed E-state index contributed by atoms with van der Waals surface area (Å²) in [6, 6.07) is 2.04. The monoisotopic (exact) mass is 211 g/mol. The van der Waals surface area contributed by atoms with E-state index in [1.54, 1.807) is 13.8 Å². The third-order valence-corrected chi connectivity index (χ3v) is 1.71. The summed E-state index contributed by atoms with van der Waals surface area (Å²) in [6.45, 7) is 3.58. The van der Waals surface area contributed by atoms with Crippen LogP contribution in [0.25, 0.3) is 0 Å². The van der Waals surface area contributed by atoms with E-state index in [2.05, 4.69) is 25.9 Å². The van der Waals surface area contributed by atoms with Crippen LogP contribution in [-0.2, 0) is 0 Å². The average molecular weight is 212 g/mol. The molecule has 0 radical (unpaired) electrons. The fraction of sp³-hybridized carbons (Fsp3) is 0.286. The molecule has 0 saturated carbocycles. The van der Waals surface area contributed by atoms with Gasteiger partial charge in [-0.15, -0.1) is 0 Å². The molecule has 1 heterocycles. The minimum absolute atomic E-state index is 0.534. The first-order valence-corrected chi connectivity index (χ1v) is 3.85. The van der Waals surface area contributed by atoms with E-state index in [9.17, 15) is 0 Å². The Kier molecular flexibility index (Phi) is 2.20. The minimum atomic E-state index is 0.534. The van der Waals surface area contributed by atoms with Crippen LogP contribution < -0.4 is 0 Å². The molecule has 0 aliphatic rings. The zero-order chi connectivity index (χ0) is 8.43. The summed E-state index contributed by atoms with van der Waals surface area (Å²) in [4.78, 5) is 7.98. The number of halogens is 1. The summed E-state index contributed by atoms with van der Waals surface area (Å²) < 4.78 is 0.534. The molecule has 0 N–H and O–H groups in total. The van der Waals surface area contributed by atoms with Crippen LogP contribution in [0.2, 0.25) is 0 Å². The molecule has 56 valence electrons. The standard InChI is InChI=1S/C7H6BrN3/c1-4-6(3-9)5(2)11-7(8)10-4/h1-2H3. The van der Waals surface area contributed by atoms with Crippen LogP contribution in [0.4, 0.5) is 0 Å².